The van der Waals surface area contributed by atoms with Crippen LogP contribution < -0.4 is 0 Å². The fourth-order valence-electron chi connectivity index (χ4n) is 9.49. The van der Waals surface area contributed by atoms with Crippen LogP contribution in [0.15, 0.2) is 0 Å². The van der Waals surface area contributed by atoms with Crippen LogP contribution >= 0.6 is 0 Å². The average molecular weight is 523 g/mol. The summed E-state index contributed by atoms with van der Waals surface area (Å²) in [5, 5.41) is 23.1. The van der Waals surface area contributed by atoms with E-state index in [0.29, 0.717) is 25.7 Å². The smallest absolute Gasteiger partial charge is 0.305 e. The zero-order chi connectivity index (χ0) is 27.3. The molecule has 0 heterocycles. The van der Waals surface area contributed by atoms with Crippen molar-refractivity contribution < 1.29 is 38.8 Å². The Kier molecular flexibility index (Phi) is 8.03. The molecular formula is C29H46O8. The molecular weight excluding hydrogens is 476 g/mol. The van der Waals surface area contributed by atoms with E-state index in [4.69, 9.17) is 14.2 Å². The third-order valence-corrected chi connectivity index (χ3v) is 11.2. The molecule has 0 spiro atoms. The summed E-state index contributed by atoms with van der Waals surface area (Å²) in [6.07, 6.45) is 3.24. The minimum Gasteiger partial charge on any atom is -0.469 e. The Morgan fingerprint density at radius 1 is 0.919 bits per heavy atom. The highest BCUT2D eigenvalue weighted by atomic mass is 16.5. The quantitative estimate of drug-likeness (QED) is 0.401. The maximum Gasteiger partial charge on any atom is 0.305 e. The normalized spacial score (nSPS) is 45.6. The van der Waals surface area contributed by atoms with Gasteiger partial charge in [-0.3, -0.25) is 14.4 Å². The van der Waals surface area contributed by atoms with Gasteiger partial charge in [0.05, 0.1) is 19.3 Å². The van der Waals surface area contributed by atoms with Crippen LogP contribution in [-0.4, -0.2) is 59.6 Å². The molecule has 8 nitrogen and oxygen atoms in total. The van der Waals surface area contributed by atoms with Crippen molar-refractivity contribution in [1.82, 2.24) is 0 Å². The van der Waals surface area contributed by atoms with Crippen LogP contribution in [0.2, 0.25) is 0 Å². The lowest BCUT2D eigenvalue weighted by molar-refractivity contribution is -0.248. The summed E-state index contributed by atoms with van der Waals surface area (Å²) >= 11 is 0. The molecule has 37 heavy (non-hydrogen) atoms. The van der Waals surface area contributed by atoms with Gasteiger partial charge in [0.25, 0.3) is 0 Å². The molecule has 0 aromatic rings. The number of carbonyl (C=O) groups is 3. The zero-order valence-corrected chi connectivity index (χ0v) is 23.3. The first kappa shape index (κ1) is 28.3. The van der Waals surface area contributed by atoms with Crippen molar-refractivity contribution >= 4 is 17.9 Å². The maximum atomic E-state index is 12.3. The van der Waals surface area contributed by atoms with E-state index in [1.54, 1.807) is 0 Å². The van der Waals surface area contributed by atoms with E-state index in [0.717, 1.165) is 25.7 Å². The van der Waals surface area contributed by atoms with Gasteiger partial charge in [0.15, 0.2) is 0 Å². The predicted octanol–water partition coefficient (Wildman–Crippen LogP) is 3.65. The van der Waals surface area contributed by atoms with E-state index in [-0.39, 0.29) is 76.5 Å². The summed E-state index contributed by atoms with van der Waals surface area (Å²) in [4.78, 5) is 35.8. The molecule has 0 aromatic heterocycles. The van der Waals surface area contributed by atoms with Gasteiger partial charge in [-0.15, -0.1) is 0 Å². The Morgan fingerprint density at radius 2 is 1.59 bits per heavy atom. The van der Waals surface area contributed by atoms with Crippen molar-refractivity contribution in [3.8, 4) is 0 Å². The highest BCUT2D eigenvalue weighted by Gasteiger charge is 2.68. The van der Waals surface area contributed by atoms with Gasteiger partial charge in [0.1, 0.15) is 12.2 Å². The van der Waals surface area contributed by atoms with Crippen LogP contribution in [0.4, 0.5) is 0 Å². The second-order valence-corrected chi connectivity index (χ2v) is 12.9. The molecule has 0 aromatic carbocycles. The first-order valence-corrected chi connectivity index (χ1v) is 14.1. The van der Waals surface area contributed by atoms with Gasteiger partial charge >= 0.3 is 17.9 Å². The van der Waals surface area contributed by atoms with Gasteiger partial charge in [-0.1, -0.05) is 20.8 Å². The number of aliphatic hydroxyl groups is 2. The number of ether oxygens (including phenoxy) is 3. The molecule has 4 saturated carbocycles. The van der Waals surface area contributed by atoms with Crippen LogP contribution in [0.3, 0.4) is 0 Å². The van der Waals surface area contributed by atoms with Crippen molar-refractivity contribution in [2.24, 2.45) is 46.3 Å². The van der Waals surface area contributed by atoms with E-state index in [1.165, 1.54) is 21.0 Å². The van der Waals surface area contributed by atoms with E-state index in [2.05, 4.69) is 20.8 Å². The summed E-state index contributed by atoms with van der Waals surface area (Å²) in [5.41, 5.74) is -0.616. The number of hydrogen-bond donors (Lipinski definition) is 2. The molecule has 0 radical (unpaired) electrons. The molecule has 0 unspecified atom stereocenters. The van der Waals surface area contributed by atoms with Crippen LogP contribution in [-0.2, 0) is 28.6 Å². The molecule has 4 aliphatic rings. The first-order chi connectivity index (χ1) is 17.3. The summed E-state index contributed by atoms with van der Waals surface area (Å²) in [7, 11) is 1.40. The van der Waals surface area contributed by atoms with E-state index in [1.807, 2.05) is 0 Å². The molecule has 4 fully saturated rings. The molecule has 0 saturated heterocycles. The number of hydrogen-bond acceptors (Lipinski definition) is 8. The lowest BCUT2D eigenvalue weighted by Crippen LogP contribution is -2.67. The van der Waals surface area contributed by atoms with Crippen LogP contribution in [0.1, 0.15) is 86.0 Å². The predicted molar refractivity (Wildman–Crippen MR) is 135 cm³/mol. The number of methoxy groups -OCH3 is 1. The fraction of sp³-hybridized carbons (Fsp3) is 0.897. The van der Waals surface area contributed by atoms with E-state index < -0.39 is 12.2 Å². The van der Waals surface area contributed by atoms with Crippen molar-refractivity contribution in [2.75, 3.05) is 7.11 Å². The minimum atomic E-state index is -0.894. The van der Waals surface area contributed by atoms with Gasteiger partial charge < -0.3 is 24.4 Å². The Labute approximate surface area is 220 Å². The highest BCUT2D eigenvalue weighted by molar-refractivity contribution is 5.69. The number of esters is 3. The lowest BCUT2D eigenvalue weighted by atomic mass is 9.42. The van der Waals surface area contributed by atoms with E-state index in [9.17, 15) is 24.6 Å². The summed E-state index contributed by atoms with van der Waals surface area (Å²) in [6, 6.07) is 0. The molecule has 4 aliphatic carbocycles. The monoisotopic (exact) mass is 522 g/mol. The first-order valence-electron chi connectivity index (χ1n) is 14.1. The number of fused-ring (bicyclic) bond motifs is 5. The van der Waals surface area contributed by atoms with Gasteiger partial charge in [-0.2, -0.15) is 0 Å². The Hall–Kier alpha value is -1.67. The topological polar surface area (TPSA) is 119 Å². The van der Waals surface area contributed by atoms with Crippen molar-refractivity contribution in [3.63, 3.8) is 0 Å². The molecule has 2 N–H and O–H groups in total. The van der Waals surface area contributed by atoms with Gasteiger partial charge in [-0.25, -0.2) is 0 Å². The lowest BCUT2D eigenvalue weighted by Gasteiger charge is -2.65. The second kappa shape index (κ2) is 10.5. The molecule has 12 atom stereocenters. The van der Waals surface area contributed by atoms with Crippen LogP contribution in [0, 0.1) is 46.3 Å². The van der Waals surface area contributed by atoms with Gasteiger partial charge in [0, 0.05) is 25.7 Å². The van der Waals surface area contributed by atoms with E-state index >= 15 is 0 Å². The van der Waals surface area contributed by atoms with Crippen LogP contribution in [0.25, 0.3) is 0 Å². The van der Waals surface area contributed by atoms with Crippen molar-refractivity contribution in [2.45, 2.75) is 110 Å². The van der Waals surface area contributed by atoms with Crippen LogP contribution in [0.5, 0.6) is 0 Å². The second-order valence-electron chi connectivity index (χ2n) is 12.9. The van der Waals surface area contributed by atoms with Gasteiger partial charge in [-0.05, 0) is 85.9 Å². The van der Waals surface area contributed by atoms with Crippen molar-refractivity contribution in [1.29, 1.82) is 0 Å². The number of rotatable bonds is 6. The molecule has 4 rings (SSSR count). The summed E-state index contributed by atoms with van der Waals surface area (Å²) in [5.74, 6) is -0.515. The third kappa shape index (κ3) is 4.81. The minimum absolute atomic E-state index is 0.0840. The summed E-state index contributed by atoms with van der Waals surface area (Å²) < 4.78 is 16.5. The molecule has 0 aliphatic heterocycles. The molecule has 0 bridgehead atoms. The highest BCUT2D eigenvalue weighted by Crippen LogP contribution is 2.69. The number of aliphatic hydroxyl groups excluding tert-OH is 2. The Bertz CT molecular complexity index is 889. The standard InChI is InChI=1S/C29H46O8/c1-15(7-10-24(32)35-6)19-8-9-20-25-21(14-23(29(19,20)5)37-17(3)31)28(4)12-11-18(36-16(2)30)13-22(28)26(33)27(25)34/h15,18-23,25-27,33-34H,7-14H2,1-6H3/t15-,18+,19+,20+,21-,22-,23-,25+,26-,27+,28+,29+/m0/s1. The largest absolute Gasteiger partial charge is 0.469 e. The fourth-order valence-corrected chi connectivity index (χ4v) is 9.49. The molecule has 210 valence electrons. The Balaban J connectivity index is 1.66. The van der Waals surface area contributed by atoms with Crippen molar-refractivity contribution in [3.05, 3.63) is 0 Å². The third-order valence-electron chi connectivity index (χ3n) is 11.2. The average Bonchev–Trinajstić information content (AvgIpc) is 3.19. The Morgan fingerprint density at radius 3 is 2.22 bits per heavy atom. The zero-order valence-electron chi connectivity index (χ0n) is 23.3. The number of carbonyl (C=O) groups excluding carboxylic acids is 3. The molecule has 0 amide bonds. The summed E-state index contributed by atoms with van der Waals surface area (Å²) in [6.45, 7) is 9.46. The SMILES string of the molecule is COC(=O)CC[C@H](C)[C@H]1CC[C@@H]2[C@H]3[C@@H](O)[C@@H](O)[C@@H]4C[C@H](OC(C)=O)CC[C@]4(C)[C@H]3C[C@H](OC(C)=O)[C@@]21C. The van der Waals surface area contributed by atoms with Gasteiger partial charge in [0.2, 0.25) is 0 Å². The maximum absolute atomic E-state index is 12.3. The molecule has 8 heteroatoms.